The number of carbonyl (C=O) groups excluding carboxylic acids is 2. The normalized spacial score (nSPS) is 17.0. The molecule has 0 aliphatic heterocycles. The quantitative estimate of drug-likeness (QED) is 0.131. The van der Waals surface area contributed by atoms with E-state index in [0.717, 1.165) is 49.7 Å². The number of carbonyl (C=O) groups is 2. The average Bonchev–Trinajstić information content (AvgIpc) is 3.63. The zero-order valence-electron chi connectivity index (χ0n) is 23.8. The molecule has 5 heteroatoms. The summed E-state index contributed by atoms with van der Waals surface area (Å²) in [5, 5.41) is 7.13. The molecule has 35 heavy (non-hydrogen) atoms. The number of unbranched alkanes of at least 4 members (excludes halogenated alkanes) is 2. The zero-order chi connectivity index (χ0) is 27.1. The minimum atomic E-state index is -0.0278. The Morgan fingerprint density at radius 2 is 1.66 bits per heavy atom. The smallest absolute Gasteiger partial charge is 0.129 e. The van der Waals surface area contributed by atoms with Gasteiger partial charge in [-0.3, -0.25) is 0 Å². The Morgan fingerprint density at radius 1 is 1.09 bits per heavy atom. The maximum Gasteiger partial charge on any atom is 0.129 e. The molecule has 0 unspecified atom stereocenters. The number of nitrogens with two attached hydrogens (primary N) is 1. The number of rotatable bonds is 11. The number of ketones is 2. The van der Waals surface area contributed by atoms with Gasteiger partial charge in [0, 0.05) is 25.2 Å². The minimum Gasteiger partial charge on any atom is -0.494 e. The fraction of sp³-hybridized carbons (Fsp3) is 0.700. The van der Waals surface area contributed by atoms with Gasteiger partial charge in [-0.1, -0.05) is 59.0 Å². The second-order valence-electron chi connectivity index (χ2n) is 9.35. The van der Waals surface area contributed by atoms with E-state index in [1.807, 2.05) is 26.8 Å². The maximum atomic E-state index is 10.3. The van der Waals surface area contributed by atoms with Gasteiger partial charge in [0.15, 0.2) is 0 Å². The Balaban J connectivity index is -0.000000607. The van der Waals surface area contributed by atoms with Gasteiger partial charge in [-0.05, 0) is 83.9 Å². The molecule has 0 atom stereocenters. The van der Waals surface area contributed by atoms with Crippen LogP contribution in [0.15, 0.2) is 35.8 Å². The van der Waals surface area contributed by atoms with Gasteiger partial charge in [-0.25, -0.2) is 0 Å². The molecule has 0 amide bonds. The van der Waals surface area contributed by atoms with Crippen LogP contribution in [-0.2, 0) is 14.3 Å². The zero-order valence-corrected chi connectivity index (χ0v) is 23.8. The Morgan fingerprint density at radius 3 is 2.09 bits per heavy atom. The molecular weight excluding hydrogens is 436 g/mol. The van der Waals surface area contributed by atoms with Crippen LogP contribution in [0.4, 0.5) is 0 Å². The molecular formula is C30H56N2O3. The van der Waals surface area contributed by atoms with E-state index in [2.05, 4.69) is 19.1 Å². The lowest BCUT2D eigenvalue weighted by atomic mass is 9.90. The van der Waals surface area contributed by atoms with Crippen LogP contribution in [0.2, 0.25) is 0 Å². The predicted molar refractivity (Wildman–Crippen MR) is 153 cm³/mol. The summed E-state index contributed by atoms with van der Waals surface area (Å²) in [6.45, 7) is 13.7. The summed E-state index contributed by atoms with van der Waals surface area (Å²) in [6.07, 6.45) is 22.3. The predicted octanol–water partition coefficient (Wildman–Crippen LogP) is 8.34. The number of nitrogens with one attached hydrogen (secondary N) is 1. The van der Waals surface area contributed by atoms with Crippen LogP contribution in [0.5, 0.6) is 0 Å². The summed E-state index contributed by atoms with van der Waals surface area (Å²) < 4.78 is 5.96. The molecule has 2 aliphatic rings. The minimum absolute atomic E-state index is 0. The van der Waals surface area contributed by atoms with Crippen LogP contribution < -0.4 is 5.73 Å². The molecule has 0 heterocycles. The highest BCUT2D eigenvalue weighted by Gasteiger charge is 2.42. The number of Topliss-reactive ketones (excluding diaryl/α,β-unsaturated/α-hetero) is 2. The van der Waals surface area contributed by atoms with E-state index in [1.165, 1.54) is 65.0 Å². The summed E-state index contributed by atoms with van der Waals surface area (Å²) in [7, 11) is 0. The second-order valence-corrected chi connectivity index (χ2v) is 9.35. The van der Waals surface area contributed by atoms with Crippen molar-refractivity contribution in [2.24, 2.45) is 17.1 Å². The van der Waals surface area contributed by atoms with Gasteiger partial charge in [0.2, 0.25) is 0 Å². The van der Waals surface area contributed by atoms with E-state index in [1.54, 1.807) is 13.0 Å². The van der Waals surface area contributed by atoms with E-state index in [-0.39, 0.29) is 12.6 Å². The fourth-order valence-electron chi connectivity index (χ4n) is 3.60. The van der Waals surface area contributed by atoms with E-state index < -0.39 is 0 Å². The van der Waals surface area contributed by atoms with Crippen LogP contribution in [0.1, 0.15) is 121 Å². The Hall–Kier alpha value is -2.17. The third-order valence-electron chi connectivity index (χ3n) is 5.82. The van der Waals surface area contributed by atoms with E-state index in [9.17, 15) is 9.59 Å². The fourth-order valence-corrected chi connectivity index (χ4v) is 3.60. The van der Waals surface area contributed by atoms with Gasteiger partial charge >= 0.3 is 0 Å². The van der Waals surface area contributed by atoms with Gasteiger partial charge in [-0.2, -0.15) is 0 Å². The highest BCUT2D eigenvalue weighted by molar-refractivity contribution is 5.75. The molecule has 0 radical (unpaired) electrons. The molecule has 0 aromatic carbocycles. The molecule has 0 spiro atoms. The molecule has 2 rings (SSSR count). The van der Waals surface area contributed by atoms with Gasteiger partial charge in [-0.15, -0.1) is 0 Å². The molecule has 0 saturated heterocycles. The highest BCUT2D eigenvalue weighted by Crippen LogP contribution is 2.51. The number of allylic oxidation sites excluding steroid dienone is 4. The molecule has 3 N–H and O–H groups in total. The first kappa shape index (κ1) is 35.0. The first-order valence-corrected chi connectivity index (χ1v) is 13.6. The van der Waals surface area contributed by atoms with Crippen molar-refractivity contribution in [3.63, 3.8) is 0 Å². The van der Waals surface area contributed by atoms with Crippen molar-refractivity contribution in [2.75, 3.05) is 6.61 Å². The lowest BCUT2D eigenvalue weighted by Crippen LogP contribution is -2.13. The van der Waals surface area contributed by atoms with Gasteiger partial charge < -0.3 is 25.5 Å². The Bertz CT molecular complexity index is 670. The lowest BCUT2D eigenvalue weighted by molar-refractivity contribution is -0.117. The van der Waals surface area contributed by atoms with Crippen LogP contribution in [0, 0.1) is 16.7 Å². The largest absolute Gasteiger partial charge is 0.494 e. The molecule has 2 fully saturated rings. The van der Waals surface area contributed by atoms with E-state index in [4.69, 9.17) is 15.9 Å². The van der Waals surface area contributed by atoms with Gasteiger partial charge in [0.05, 0.1) is 6.61 Å². The first-order chi connectivity index (χ1) is 16.7. The van der Waals surface area contributed by atoms with Crippen molar-refractivity contribution in [1.29, 1.82) is 5.41 Å². The van der Waals surface area contributed by atoms with Crippen molar-refractivity contribution in [3.05, 3.63) is 35.8 Å². The SMILES string of the molecule is C/C=C(\C=C/C1(/C(N)=C/C=N)CC1)OCC1CCCCC1.CC.CC(C)=O.CCCCCC(C)=O.[HH]. The first-order valence-electron chi connectivity index (χ1n) is 13.6. The number of hydrogen-bond donors (Lipinski definition) is 2. The molecule has 0 bridgehead atoms. The molecule has 0 aromatic rings. The topological polar surface area (TPSA) is 93.2 Å². The molecule has 204 valence electrons. The third kappa shape index (κ3) is 19.8. The molecule has 2 aliphatic carbocycles. The van der Waals surface area contributed by atoms with E-state index in [0.29, 0.717) is 5.78 Å². The highest BCUT2D eigenvalue weighted by atomic mass is 16.5. The van der Waals surface area contributed by atoms with Crippen molar-refractivity contribution >= 4 is 17.8 Å². The number of hydrogen-bond acceptors (Lipinski definition) is 5. The standard InChI is InChI=1S/C18H28N2O.C7H14O.C3H6O.C2H6.H2/c1-2-16(21-14-15-6-4-3-5-7-15)8-10-18(11-12-18)17(20)9-13-19;1-3-4-5-6-7(2)8;1-3(2)4;1-2;/h2,8-10,13,15,19H,3-7,11-12,14,20H2,1H3;3-6H2,1-2H3;1-2H3;1-2H3;1H/b10-8-,16-2+,17-9-,19-13?;;;;. The van der Waals surface area contributed by atoms with Crippen molar-refractivity contribution < 1.29 is 15.8 Å². The maximum absolute atomic E-state index is 10.3. The van der Waals surface area contributed by atoms with Crippen LogP contribution in [0.25, 0.3) is 0 Å². The van der Waals surface area contributed by atoms with Crippen LogP contribution in [0.3, 0.4) is 0 Å². The van der Waals surface area contributed by atoms with Crippen molar-refractivity contribution in [3.8, 4) is 0 Å². The van der Waals surface area contributed by atoms with E-state index >= 15 is 0 Å². The second kappa shape index (κ2) is 22.3. The third-order valence-corrected chi connectivity index (χ3v) is 5.82. The Labute approximate surface area is 217 Å². The molecule has 2 saturated carbocycles. The Kier molecular flexibility index (Phi) is 22.3. The summed E-state index contributed by atoms with van der Waals surface area (Å²) in [6, 6.07) is 0. The van der Waals surface area contributed by atoms with Crippen molar-refractivity contribution in [2.45, 2.75) is 119 Å². The summed E-state index contributed by atoms with van der Waals surface area (Å²) >= 11 is 0. The summed E-state index contributed by atoms with van der Waals surface area (Å²) in [4.78, 5) is 19.8. The number of ether oxygens (including phenoxy) is 1. The molecule has 5 nitrogen and oxygen atoms in total. The summed E-state index contributed by atoms with van der Waals surface area (Å²) in [5.41, 5.74) is 6.80. The van der Waals surface area contributed by atoms with Gasteiger partial charge in [0.1, 0.15) is 17.3 Å². The van der Waals surface area contributed by atoms with Crippen LogP contribution >= 0.6 is 0 Å². The average molecular weight is 493 g/mol. The van der Waals surface area contributed by atoms with Crippen molar-refractivity contribution in [1.82, 2.24) is 0 Å². The molecule has 0 aromatic heterocycles. The summed E-state index contributed by atoms with van der Waals surface area (Å²) in [5.74, 6) is 2.15. The lowest BCUT2D eigenvalue weighted by Gasteiger charge is -2.22. The van der Waals surface area contributed by atoms with Crippen LogP contribution in [-0.4, -0.2) is 24.4 Å². The monoisotopic (exact) mass is 492 g/mol. The van der Waals surface area contributed by atoms with Gasteiger partial charge in [0.25, 0.3) is 0 Å².